The first-order valence-corrected chi connectivity index (χ1v) is 6.74. The van der Waals surface area contributed by atoms with E-state index in [0.717, 1.165) is 12.8 Å². The molecule has 5 nitrogen and oxygen atoms in total. The largest absolute Gasteiger partial charge is 0.397 e. The van der Waals surface area contributed by atoms with Gasteiger partial charge in [0.2, 0.25) is 5.91 Å². The van der Waals surface area contributed by atoms with E-state index in [2.05, 4.69) is 26.2 Å². The number of nitrogens with two attached hydrogens (primary N) is 1. The van der Waals surface area contributed by atoms with E-state index >= 15 is 0 Å². The van der Waals surface area contributed by atoms with Crippen LogP contribution in [0.2, 0.25) is 0 Å². The highest BCUT2D eigenvalue weighted by atomic mass is 79.9. The lowest BCUT2D eigenvalue weighted by Gasteiger charge is -2.16. The number of amides is 1. The van der Waals surface area contributed by atoms with Crippen molar-refractivity contribution in [1.82, 2.24) is 4.98 Å². The lowest BCUT2D eigenvalue weighted by atomic mass is 9.99. The fraction of sp³-hybridized carbons (Fsp3) is 0.500. The van der Waals surface area contributed by atoms with Gasteiger partial charge in [0.15, 0.2) is 0 Å². The van der Waals surface area contributed by atoms with Gasteiger partial charge in [-0.3, -0.25) is 4.79 Å². The highest BCUT2D eigenvalue weighted by Gasteiger charge is 2.33. The Hall–Kier alpha value is -1.14. The minimum Gasteiger partial charge on any atom is -0.397 e. The Morgan fingerprint density at radius 3 is 3.17 bits per heavy atom. The van der Waals surface area contributed by atoms with Crippen LogP contribution in [-0.2, 0) is 9.53 Å². The molecule has 1 saturated heterocycles. The number of nitrogen functional groups attached to an aromatic ring is 1. The Morgan fingerprint density at radius 2 is 2.50 bits per heavy atom. The summed E-state index contributed by atoms with van der Waals surface area (Å²) < 4.78 is 6.19. The van der Waals surface area contributed by atoms with E-state index in [0.29, 0.717) is 22.6 Å². The summed E-state index contributed by atoms with van der Waals surface area (Å²) in [5.41, 5.74) is 6.15. The van der Waals surface area contributed by atoms with Crippen molar-refractivity contribution in [3.05, 3.63) is 16.7 Å². The summed E-state index contributed by atoms with van der Waals surface area (Å²) in [7, 11) is 0. The summed E-state index contributed by atoms with van der Waals surface area (Å²) in [5.74, 6) is 0.356. The third-order valence-corrected chi connectivity index (χ3v) is 3.66. The molecule has 2 heterocycles. The zero-order chi connectivity index (χ0) is 13.1. The third kappa shape index (κ3) is 2.81. The summed E-state index contributed by atoms with van der Waals surface area (Å²) in [4.78, 5) is 16.2. The van der Waals surface area contributed by atoms with Crippen LogP contribution in [0.15, 0.2) is 16.7 Å². The maximum absolute atomic E-state index is 12.1. The minimum absolute atomic E-state index is 0.0116. The van der Waals surface area contributed by atoms with Crippen molar-refractivity contribution in [1.29, 1.82) is 0 Å². The second-order valence-corrected chi connectivity index (χ2v) is 5.16. The van der Waals surface area contributed by atoms with Gasteiger partial charge in [0, 0.05) is 6.61 Å². The van der Waals surface area contributed by atoms with Gasteiger partial charge in [-0.2, -0.15) is 0 Å². The number of ether oxygens (including phenoxy) is 1. The maximum atomic E-state index is 12.1. The van der Waals surface area contributed by atoms with Crippen LogP contribution in [0.4, 0.5) is 11.5 Å². The molecule has 2 unspecified atom stereocenters. The topological polar surface area (TPSA) is 77.2 Å². The predicted molar refractivity (Wildman–Crippen MR) is 73.1 cm³/mol. The average molecular weight is 314 g/mol. The van der Waals surface area contributed by atoms with Crippen molar-refractivity contribution in [3.8, 4) is 0 Å². The fourth-order valence-corrected chi connectivity index (χ4v) is 2.57. The number of pyridine rings is 1. The number of halogens is 1. The molecule has 0 aliphatic carbocycles. The third-order valence-electron chi connectivity index (χ3n) is 3.05. The summed E-state index contributed by atoms with van der Waals surface area (Å²) in [6.07, 6.45) is 3.13. The van der Waals surface area contributed by atoms with E-state index in [9.17, 15) is 4.79 Å². The number of nitrogens with one attached hydrogen (secondary N) is 1. The number of nitrogens with zero attached hydrogens (tertiary/aromatic N) is 1. The Bertz CT molecular complexity index is 453. The van der Waals surface area contributed by atoms with Crippen molar-refractivity contribution in [2.24, 2.45) is 5.92 Å². The highest BCUT2D eigenvalue weighted by Crippen LogP contribution is 2.27. The average Bonchev–Trinajstić information content (AvgIpc) is 2.81. The van der Waals surface area contributed by atoms with E-state index in [1.807, 2.05) is 6.92 Å². The molecule has 2 rings (SSSR count). The molecule has 0 bridgehead atoms. The monoisotopic (exact) mass is 313 g/mol. The zero-order valence-corrected chi connectivity index (χ0v) is 11.7. The van der Waals surface area contributed by atoms with Crippen molar-refractivity contribution >= 4 is 33.3 Å². The second-order valence-electron chi connectivity index (χ2n) is 4.30. The number of carbonyl (C=O) groups excluding carboxylic acids is 1. The standard InChI is InChI=1S/C12H16BrN3O2/c1-2-10-8(3-4-18-10)12(17)16-11-9(13)5-7(14)6-15-11/h5-6,8,10H,2-4,14H2,1H3,(H,15,16,17). The molecule has 2 atom stereocenters. The number of hydrogen-bond acceptors (Lipinski definition) is 4. The predicted octanol–water partition coefficient (Wildman–Crippen LogP) is 2.18. The van der Waals surface area contributed by atoms with Crippen molar-refractivity contribution in [3.63, 3.8) is 0 Å². The molecule has 1 aliphatic heterocycles. The van der Waals surface area contributed by atoms with Crippen LogP contribution in [0.25, 0.3) is 0 Å². The first-order valence-electron chi connectivity index (χ1n) is 5.95. The van der Waals surface area contributed by atoms with Crippen LogP contribution in [0.1, 0.15) is 19.8 Å². The molecule has 1 aromatic rings. The molecule has 0 spiro atoms. The molecule has 18 heavy (non-hydrogen) atoms. The summed E-state index contributed by atoms with van der Waals surface area (Å²) in [5, 5.41) is 2.81. The number of carbonyl (C=O) groups is 1. The van der Waals surface area contributed by atoms with Gasteiger partial charge < -0.3 is 15.8 Å². The minimum atomic E-state index is -0.0961. The molecule has 0 saturated carbocycles. The number of aromatic nitrogens is 1. The smallest absolute Gasteiger partial charge is 0.231 e. The lowest BCUT2D eigenvalue weighted by Crippen LogP contribution is -2.29. The van der Waals surface area contributed by atoms with Gasteiger partial charge in [-0.15, -0.1) is 0 Å². The molecule has 3 N–H and O–H groups in total. The number of anilines is 2. The fourth-order valence-electron chi connectivity index (χ4n) is 2.10. The molecule has 1 fully saturated rings. The Labute approximate surface area is 114 Å². The van der Waals surface area contributed by atoms with E-state index in [-0.39, 0.29) is 17.9 Å². The maximum Gasteiger partial charge on any atom is 0.231 e. The lowest BCUT2D eigenvalue weighted by molar-refractivity contribution is -0.121. The highest BCUT2D eigenvalue weighted by molar-refractivity contribution is 9.10. The first-order chi connectivity index (χ1) is 8.61. The summed E-state index contributed by atoms with van der Waals surface area (Å²) >= 11 is 3.33. The molecule has 1 aliphatic rings. The first kappa shape index (κ1) is 13.3. The Kier molecular flexibility index (Phi) is 4.19. The van der Waals surface area contributed by atoms with E-state index in [1.165, 1.54) is 6.20 Å². The zero-order valence-electron chi connectivity index (χ0n) is 10.1. The van der Waals surface area contributed by atoms with Crippen LogP contribution in [0.3, 0.4) is 0 Å². The van der Waals surface area contributed by atoms with Crippen molar-refractivity contribution < 1.29 is 9.53 Å². The van der Waals surface area contributed by atoms with Crippen molar-refractivity contribution in [2.45, 2.75) is 25.9 Å². The molecule has 6 heteroatoms. The van der Waals surface area contributed by atoms with Crippen LogP contribution in [0.5, 0.6) is 0 Å². The quantitative estimate of drug-likeness (QED) is 0.896. The van der Waals surface area contributed by atoms with Crippen LogP contribution in [-0.4, -0.2) is 23.6 Å². The summed E-state index contributed by atoms with van der Waals surface area (Å²) in [6, 6.07) is 1.71. The molecular formula is C12H16BrN3O2. The Balaban J connectivity index is 2.07. The van der Waals surface area contributed by atoms with Crippen molar-refractivity contribution in [2.75, 3.05) is 17.7 Å². The Morgan fingerprint density at radius 1 is 1.72 bits per heavy atom. The summed E-state index contributed by atoms with van der Waals surface area (Å²) in [6.45, 7) is 2.67. The van der Waals surface area contributed by atoms with Gasteiger partial charge in [0.1, 0.15) is 5.82 Å². The SMILES string of the molecule is CCC1OCCC1C(=O)Nc1ncc(N)cc1Br. The molecule has 1 aromatic heterocycles. The molecule has 1 amide bonds. The molecule has 0 aromatic carbocycles. The van der Waals surface area contributed by atoms with Crippen LogP contribution in [0, 0.1) is 5.92 Å². The van der Waals surface area contributed by atoms with Gasteiger partial charge in [-0.05, 0) is 34.8 Å². The number of hydrogen-bond donors (Lipinski definition) is 2. The van der Waals surface area contributed by atoms with Gasteiger partial charge in [0.25, 0.3) is 0 Å². The van der Waals surface area contributed by atoms with Gasteiger partial charge in [-0.1, -0.05) is 6.92 Å². The van der Waals surface area contributed by atoms with Gasteiger partial charge >= 0.3 is 0 Å². The molecular weight excluding hydrogens is 298 g/mol. The van der Waals surface area contributed by atoms with E-state index in [1.54, 1.807) is 6.07 Å². The molecule has 98 valence electrons. The normalized spacial score (nSPS) is 23.0. The molecule has 0 radical (unpaired) electrons. The second kappa shape index (κ2) is 5.67. The van der Waals surface area contributed by atoms with Crippen LogP contribution < -0.4 is 11.1 Å². The van der Waals surface area contributed by atoms with Gasteiger partial charge in [-0.25, -0.2) is 4.98 Å². The van der Waals surface area contributed by atoms with E-state index < -0.39 is 0 Å². The van der Waals surface area contributed by atoms with Gasteiger partial charge in [0.05, 0.1) is 28.4 Å². The number of rotatable bonds is 3. The van der Waals surface area contributed by atoms with E-state index in [4.69, 9.17) is 10.5 Å². The van der Waals surface area contributed by atoms with Crippen LogP contribution >= 0.6 is 15.9 Å².